The Kier molecular flexibility index (Phi) is 9.13. The molecule has 0 radical (unpaired) electrons. The molecule has 0 spiro atoms. The summed E-state index contributed by atoms with van der Waals surface area (Å²) in [6.45, 7) is 11.2. The summed E-state index contributed by atoms with van der Waals surface area (Å²) in [7, 11) is 1.91. The second-order valence-corrected chi connectivity index (χ2v) is 9.27. The Morgan fingerprint density at radius 1 is 1.10 bits per heavy atom. The largest absolute Gasteiger partial charge is 0.381 e. The number of nitrogens with zero attached hydrogens (tertiary/aromatic N) is 4. The number of nitrogens with one attached hydrogen (secondary N) is 1. The van der Waals surface area contributed by atoms with Gasteiger partial charge < -0.3 is 19.9 Å². The first-order valence-electron chi connectivity index (χ1n) is 11.4. The van der Waals surface area contributed by atoms with E-state index in [0.717, 1.165) is 69.8 Å². The SMILES string of the molecule is CN=C(NCC1(N2CCCC2)CCOCC1)N1CCN(c2cc(Cl)ccc2C)CC1.I. The topological polar surface area (TPSA) is 43.3 Å². The van der Waals surface area contributed by atoms with Gasteiger partial charge in [-0.05, 0) is 63.4 Å². The molecule has 0 bridgehead atoms. The maximum absolute atomic E-state index is 6.24. The highest BCUT2D eigenvalue weighted by molar-refractivity contribution is 14.0. The lowest BCUT2D eigenvalue weighted by Crippen LogP contribution is -2.60. The molecule has 0 amide bonds. The van der Waals surface area contributed by atoms with Crippen LogP contribution in [0.25, 0.3) is 0 Å². The number of benzene rings is 1. The standard InChI is InChI=1S/C23H36ClN5O.HI/c1-19-5-6-20(24)17-21(19)27-11-13-28(14-12-27)22(25-2)26-18-23(7-15-30-16-8-23)29-9-3-4-10-29;/h5-6,17H,3-4,7-16,18H2,1-2H3,(H,25,26);1H. The van der Waals surface area contributed by atoms with Gasteiger partial charge in [0.15, 0.2) is 5.96 Å². The molecular formula is C23H37ClIN5O. The average molecular weight is 562 g/mol. The van der Waals surface area contributed by atoms with Crippen LogP contribution in [0, 0.1) is 6.92 Å². The highest BCUT2D eigenvalue weighted by Crippen LogP contribution is 2.31. The highest BCUT2D eigenvalue weighted by Gasteiger charge is 2.40. The van der Waals surface area contributed by atoms with Gasteiger partial charge in [0.1, 0.15) is 0 Å². The molecule has 0 aromatic heterocycles. The predicted molar refractivity (Wildman–Crippen MR) is 140 cm³/mol. The van der Waals surface area contributed by atoms with Crippen molar-refractivity contribution >= 4 is 47.2 Å². The molecule has 3 fully saturated rings. The van der Waals surface area contributed by atoms with Crippen LogP contribution < -0.4 is 10.2 Å². The molecule has 4 rings (SSSR count). The first-order valence-corrected chi connectivity index (χ1v) is 11.8. The minimum absolute atomic E-state index is 0. The molecule has 0 aliphatic carbocycles. The van der Waals surface area contributed by atoms with E-state index in [1.807, 2.05) is 13.1 Å². The van der Waals surface area contributed by atoms with Crippen LogP contribution >= 0.6 is 35.6 Å². The lowest BCUT2D eigenvalue weighted by molar-refractivity contribution is -0.0166. The van der Waals surface area contributed by atoms with Gasteiger partial charge in [0.25, 0.3) is 0 Å². The molecule has 1 aromatic rings. The van der Waals surface area contributed by atoms with Gasteiger partial charge in [-0.1, -0.05) is 17.7 Å². The van der Waals surface area contributed by atoms with Gasteiger partial charge >= 0.3 is 0 Å². The molecule has 174 valence electrons. The minimum atomic E-state index is 0. The fraction of sp³-hybridized carbons (Fsp3) is 0.696. The van der Waals surface area contributed by atoms with Crippen LogP contribution in [0.15, 0.2) is 23.2 Å². The number of likely N-dealkylation sites (tertiary alicyclic amines) is 1. The van der Waals surface area contributed by atoms with Crippen LogP contribution in [-0.2, 0) is 4.74 Å². The molecular weight excluding hydrogens is 525 g/mol. The summed E-state index contributed by atoms with van der Waals surface area (Å²) in [4.78, 5) is 12.2. The van der Waals surface area contributed by atoms with Crippen LogP contribution in [0.2, 0.25) is 5.02 Å². The fourth-order valence-electron chi connectivity index (χ4n) is 5.21. The van der Waals surface area contributed by atoms with E-state index >= 15 is 0 Å². The van der Waals surface area contributed by atoms with E-state index < -0.39 is 0 Å². The van der Waals surface area contributed by atoms with Crippen LogP contribution in [0.3, 0.4) is 0 Å². The second kappa shape index (κ2) is 11.4. The van der Waals surface area contributed by atoms with Gasteiger partial charge in [-0.2, -0.15) is 0 Å². The van der Waals surface area contributed by atoms with E-state index in [1.165, 1.54) is 37.2 Å². The third-order valence-corrected chi connectivity index (χ3v) is 7.31. The van der Waals surface area contributed by atoms with E-state index in [1.54, 1.807) is 0 Å². The minimum Gasteiger partial charge on any atom is -0.381 e. The second-order valence-electron chi connectivity index (χ2n) is 8.84. The smallest absolute Gasteiger partial charge is 0.193 e. The zero-order chi connectivity index (χ0) is 21.0. The number of hydrogen-bond donors (Lipinski definition) is 1. The van der Waals surface area contributed by atoms with Crippen molar-refractivity contribution in [2.75, 3.05) is 71.0 Å². The molecule has 6 nitrogen and oxygen atoms in total. The first-order chi connectivity index (χ1) is 14.6. The summed E-state index contributed by atoms with van der Waals surface area (Å²) in [6.07, 6.45) is 4.86. The molecule has 0 unspecified atom stereocenters. The normalized spacial score (nSPS) is 22.4. The lowest BCUT2D eigenvalue weighted by atomic mass is 9.88. The molecule has 0 atom stereocenters. The van der Waals surface area contributed by atoms with Crippen molar-refractivity contribution < 1.29 is 4.74 Å². The Labute approximate surface area is 209 Å². The van der Waals surface area contributed by atoms with Gasteiger partial charge in [-0.25, -0.2) is 0 Å². The molecule has 31 heavy (non-hydrogen) atoms. The third kappa shape index (κ3) is 5.78. The van der Waals surface area contributed by atoms with Gasteiger partial charge in [-0.15, -0.1) is 24.0 Å². The zero-order valence-corrected chi connectivity index (χ0v) is 22.0. The maximum atomic E-state index is 6.24. The number of aryl methyl sites for hydroxylation is 1. The first kappa shape index (κ1) is 24.9. The van der Waals surface area contributed by atoms with Gasteiger partial charge in [0.05, 0.1) is 0 Å². The van der Waals surface area contributed by atoms with Crippen molar-refractivity contribution in [1.29, 1.82) is 0 Å². The third-order valence-electron chi connectivity index (χ3n) is 7.08. The molecule has 8 heteroatoms. The van der Waals surface area contributed by atoms with E-state index in [4.69, 9.17) is 16.3 Å². The van der Waals surface area contributed by atoms with Crippen molar-refractivity contribution in [3.05, 3.63) is 28.8 Å². The summed E-state index contributed by atoms with van der Waals surface area (Å²) >= 11 is 6.24. The molecule has 3 saturated heterocycles. The molecule has 3 aliphatic rings. The van der Waals surface area contributed by atoms with Crippen LogP contribution in [0.5, 0.6) is 0 Å². The summed E-state index contributed by atoms with van der Waals surface area (Å²) in [5.41, 5.74) is 2.74. The Morgan fingerprint density at radius 2 is 1.77 bits per heavy atom. The molecule has 1 N–H and O–H groups in total. The maximum Gasteiger partial charge on any atom is 0.193 e. The number of rotatable bonds is 4. The van der Waals surface area contributed by atoms with Gasteiger partial charge in [0.2, 0.25) is 0 Å². The quantitative estimate of drug-likeness (QED) is 0.346. The van der Waals surface area contributed by atoms with E-state index in [-0.39, 0.29) is 29.5 Å². The van der Waals surface area contributed by atoms with Crippen molar-refractivity contribution in [2.45, 2.75) is 38.1 Å². The van der Waals surface area contributed by atoms with E-state index in [0.29, 0.717) is 0 Å². The van der Waals surface area contributed by atoms with E-state index in [9.17, 15) is 0 Å². The van der Waals surface area contributed by atoms with Crippen LogP contribution in [0.1, 0.15) is 31.2 Å². The Hall–Kier alpha value is -0.770. The summed E-state index contributed by atoms with van der Waals surface area (Å²) < 4.78 is 5.70. The van der Waals surface area contributed by atoms with Crippen molar-refractivity contribution in [1.82, 2.24) is 15.1 Å². The lowest BCUT2D eigenvalue weighted by Gasteiger charge is -2.46. The Balaban J connectivity index is 0.00000272. The molecule has 3 aliphatic heterocycles. The molecule has 3 heterocycles. The molecule has 0 saturated carbocycles. The fourth-order valence-corrected chi connectivity index (χ4v) is 5.37. The number of piperazine rings is 1. The highest BCUT2D eigenvalue weighted by atomic mass is 127. The zero-order valence-electron chi connectivity index (χ0n) is 18.9. The predicted octanol–water partition coefficient (Wildman–Crippen LogP) is 3.61. The Morgan fingerprint density at radius 3 is 2.42 bits per heavy atom. The number of aliphatic imine (C=N–C) groups is 1. The van der Waals surface area contributed by atoms with Crippen molar-refractivity contribution in [3.63, 3.8) is 0 Å². The average Bonchev–Trinajstić information content (AvgIpc) is 3.33. The number of ether oxygens (including phenoxy) is 1. The summed E-state index contributed by atoms with van der Waals surface area (Å²) in [5.74, 6) is 1.03. The number of halogens is 2. The Bertz CT molecular complexity index is 741. The monoisotopic (exact) mass is 561 g/mol. The van der Waals surface area contributed by atoms with Crippen molar-refractivity contribution in [2.24, 2.45) is 4.99 Å². The number of guanidine groups is 1. The van der Waals surface area contributed by atoms with Gasteiger partial charge in [0, 0.05) is 69.2 Å². The van der Waals surface area contributed by atoms with Crippen molar-refractivity contribution in [3.8, 4) is 0 Å². The van der Waals surface area contributed by atoms with Crippen LogP contribution in [-0.4, -0.2) is 87.4 Å². The molecule has 1 aromatic carbocycles. The summed E-state index contributed by atoms with van der Waals surface area (Å²) in [6, 6.07) is 6.16. The summed E-state index contributed by atoms with van der Waals surface area (Å²) in [5, 5.41) is 4.55. The van der Waals surface area contributed by atoms with Crippen LogP contribution in [0.4, 0.5) is 5.69 Å². The van der Waals surface area contributed by atoms with E-state index in [2.05, 4.69) is 44.1 Å². The number of hydrogen-bond acceptors (Lipinski definition) is 4. The van der Waals surface area contributed by atoms with Gasteiger partial charge in [-0.3, -0.25) is 9.89 Å². The number of anilines is 1.